The van der Waals surface area contributed by atoms with E-state index in [1.807, 2.05) is 18.2 Å². The molecule has 2 heterocycles. The molecule has 1 aromatic carbocycles. The number of hydrogen-bond donors (Lipinski definition) is 1. The summed E-state index contributed by atoms with van der Waals surface area (Å²) in [6.07, 6.45) is 2.39. The average molecular weight is 435 g/mol. The van der Waals surface area contributed by atoms with Gasteiger partial charge in [-0.15, -0.1) is 0 Å². The lowest BCUT2D eigenvalue weighted by Crippen LogP contribution is -2.35. The van der Waals surface area contributed by atoms with Gasteiger partial charge >= 0.3 is 0 Å². The Labute approximate surface area is 167 Å². The maximum atomic E-state index is 13.2. The van der Waals surface area contributed by atoms with Crippen LogP contribution < -0.4 is 14.4 Å². The fraction of sp³-hybridized carbons (Fsp3) is 0.400. The third-order valence-corrected chi connectivity index (χ3v) is 5.86. The molecule has 1 aliphatic carbocycles. The lowest BCUT2D eigenvalue weighted by Gasteiger charge is -2.22. The number of aromatic nitrogens is 1. The topological polar surface area (TPSA) is 71.9 Å². The summed E-state index contributed by atoms with van der Waals surface area (Å²) in [7, 11) is 4.24. The zero-order valence-corrected chi connectivity index (χ0v) is 17.2. The van der Waals surface area contributed by atoms with Gasteiger partial charge in [-0.1, -0.05) is 6.07 Å². The highest BCUT2D eigenvalue weighted by Crippen LogP contribution is 2.46. The molecule has 6 nitrogen and oxygen atoms in total. The summed E-state index contributed by atoms with van der Waals surface area (Å²) in [5, 5.41) is 7.00. The van der Waals surface area contributed by atoms with Crippen molar-refractivity contribution < 1.29 is 19.4 Å². The minimum atomic E-state index is -0.351. The van der Waals surface area contributed by atoms with E-state index in [0.29, 0.717) is 18.2 Å². The number of carbonyl (C=O) groups excluding carboxylic acids is 1. The van der Waals surface area contributed by atoms with Crippen LogP contribution in [0, 0.1) is 5.41 Å². The number of hydrogen-bond acceptors (Lipinski definition) is 5. The van der Waals surface area contributed by atoms with Crippen LogP contribution in [0.15, 0.2) is 34.8 Å². The van der Waals surface area contributed by atoms with Gasteiger partial charge in [0.1, 0.15) is 11.6 Å². The molecule has 1 fully saturated rings. The lowest BCUT2D eigenvalue weighted by atomic mass is 9.83. The van der Waals surface area contributed by atoms with Crippen molar-refractivity contribution in [3.8, 4) is 11.6 Å². The number of benzene rings is 1. The van der Waals surface area contributed by atoms with Crippen LogP contribution in [0.1, 0.15) is 17.5 Å². The van der Waals surface area contributed by atoms with Crippen LogP contribution in [-0.2, 0) is 17.6 Å². The number of methoxy groups -OCH3 is 2. The number of rotatable bonds is 3. The largest absolute Gasteiger partial charge is 0.497 e. The highest BCUT2D eigenvalue weighted by molar-refractivity contribution is 9.10. The van der Waals surface area contributed by atoms with Crippen molar-refractivity contribution in [3.05, 3.63) is 45.9 Å². The molecule has 27 heavy (non-hydrogen) atoms. The Balaban J connectivity index is 0.00000102. The molecule has 0 saturated carbocycles. The van der Waals surface area contributed by atoms with Gasteiger partial charge in [-0.25, -0.2) is 0 Å². The first kappa shape index (κ1) is 19.6. The summed E-state index contributed by atoms with van der Waals surface area (Å²) in [4.78, 5) is 19.5. The Morgan fingerprint density at radius 1 is 1.11 bits per heavy atom. The van der Waals surface area contributed by atoms with E-state index in [1.165, 1.54) is 11.1 Å². The van der Waals surface area contributed by atoms with E-state index in [9.17, 15) is 4.79 Å². The van der Waals surface area contributed by atoms with Gasteiger partial charge in [-0.3, -0.25) is 9.69 Å². The first-order valence-corrected chi connectivity index (χ1v) is 9.49. The van der Waals surface area contributed by atoms with Crippen LogP contribution in [0.25, 0.3) is 0 Å². The Bertz CT molecular complexity index is 858. The van der Waals surface area contributed by atoms with Gasteiger partial charge in [0.15, 0.2) is 0 Å². The molecule has 4 rings (SSSR count). The normalized spacial score (nSPS) is 20.3. The van der Waals surface area contributed by atoms with E-state index < -0.39 is 0 Å². The number of anilines is 1. The SMILES string of the molecule is CO.COc1ccc2c(c1)CC1(CCN(c3ccc(Br)c(OC)n3)C1=O)C2. The van der Waals surface area contributed by atoms with E-state index in [1.54, 1.807) is 19.1 Å². The van der Waals surface area contributed by atoms with E-state index in [-0.39, 0.29) is 11.3 Å². The smallest absolute Gasteiger partial charge is 0.235 e. The molecule has 1 atom stereocenters. The van der Waals surface area contributed by atoms with Crippen LogP contribution in [0.3, 0.4) is 0 Å². The molecule has 1 saturated heterocycles. The van der Waals surface area contributed by atoms with Crippen molar-refractivity contribution in [1.29, 1.82) is 0 Å². The van der Waals surface area contributed by atoms with Crippen LogP contribution in [-0.4, -0.2) is 43.9 Å². The Hall–Kier alpha value is -2.12. The molecule has 144 valence electrons. The Morgan fingerprint density at radius 3 is 2.56 bits per heavy atom. The summed E-state index contributed by atoms with van der Waals surface area (Å²) in [6, 6.07) is 9.83. The van der Waals surface area contributed by atoms with Crippen molar-refractivity contribution >= 4 is 27.7 Å². The molecule has 2 aliphatic rings. The van der Waals surface area contributed by atoms with Gasteiger partial charge in [0.05, 0.1) is 24.1 Å². The van der Waals surface area contributed by atoms with Crippen molar-refractivity contribution in [2.24, 2.45) is 5.41 Å². The number of nitrogens with zero attached hydrogens (tertiary/aromatic N) is 2. The molecule has 1 aliphatic heterocycles. The molecule has 1 N–H and O–H groups in total. The second-order valence-corrected chi connectivity index (χ2v) is 7.49. The van der Waals surface area contributed by atoms with Crippen LogP contribution >= 0.6 is 15.9 Å². The summed E-state index contributed by atoms with van der Waals surface area (Å²) in [5.74, 6) is 2.14. The monoisotopic (exact) mass is 434 g/mol. The number of fused-ring (bicyclic) bond motifs is 1. The van der Waals surface area contributed by atoms with Crippen LogP contribution in [0.2, 0.25) is 0 Å². The fourth-order valence-electron chi connectivity index (χ4n) is 3.93. The third kappa shape index (κ3) is 3.41. The summed E-state index contributed by atoms with van der Waals surface area (Å²) >= 11 is 3.40. The maximum absolute atomic E-state index is 13.2. The second kappa shape index (κ2) is 7.86. The third-order valence-electron chi connectivity index (χ3n) is 5.25. The first-order valence-electron chi connectivity index (χ1n) is 8.69. The molecular formula is C20H23BrN2O4. The standard InChI is InChI=1S/C19H19BrN2O3.CH4O/c1-24-14-4-3-12-10-19(11-13(12)9-14)7-8-22(18(19)23)16-6-5-15(20)17(21-16)25-2;1-2/h3-6,9H,7-8,10-11H2,1-2H3;2H,1H3. The Kier molecular flexibility index (Phi) is 5.72. The quantitative estimate of drug-likeness (QED) is 0.803. The van der Waals surface area contributed by atoms with Crippen molar-refractivity contribution in [2.75, 3.05) is 32.8 Å². The molecule has 1 amide bonds. The molecule has 1 aromatic heterocycles. The van der Waals surface area contributed by atoms with Gasteiger partial charge in [0.25, 0.3) is 0 Å². The summed E-state index contributed by atoms with van der Waals surface area (Å²) in [6.45, 7) is 0.682. The van der Waals surface area contributed by atoms with E-state index in [0.717, 1.165) is 36.6 Å². The van der Waals surface area contributed by atoms with Gasteiger partial charge in [0, 0.05) is 13.7 Å². The second-order valence-electron chi connectivity index (χ2n) is 6.64. The van der Waals surface area contributed by atoms with Crippen molar-refractivity contribution in [3.63, 3.8) is 0 Å². The van der Waals surface area contributed by atoms with Crippen LogP contribution in [0.5, 0.6) is 11.6 Å². The predicted octanol–water partition coefficient (Wildman–Crippen LogP) is 2.99. The first-order chi connectivity index (χ1) is 13.1. The molecule has 7 heteroatoms. The number of halogens is 1. The van der Waals surface area contributed by atoms with Gasteiger partial charge in [-0.05, 0) is 70.6 Å². The summed E-state index contributed by atoms with van der Waals surface area (Å²) < 4.78 is 11.4. The van der Waals surface area contributed by atoms with Crippen LogP contribution in [0.4, 0.5) is 5.82 Å². The molecule has 1 unspecified atom stereocenters. The van der Waals surface area contributed by atoms with E-state index in [2.05, 4.69) is 33.0 Å². The highest BCUT2D eigenvalue weighted by Gasteiger charge is 2.50. The predicted molar refractivity (Wildman–Crippen MR) is 106 cm³/mol. The number of ether oxygens (including phenoxy) is 2. The fourth-order valence-corrected chi connectivity index (χ4v) is 4.31. The Morgan fingerprint density at radius 2 is 1.85 bits per heavy atom. The number of amides is 1. The molecule has 0 radical (unpaired) electrons. The van der Waals surface area contributed by atoms with E-state index in [4.69, 9.17) is 14.6 Å². The van der Waals surface area contributed by atoms with Crippen molar-refractivity contribution in [2.45, 2.75) is 19.3 Å². The van der Waals surface area contributed by atoms with Crippen molar-refractivity contribution in [1.82, 2.24) is 4.98 Å². The molecule has 2 aromatic rings. The maximum Gasteiger partial charge on any atom is 0.235 e. The van der Waals surface area contributed by atoms with Gasteiger partial charge in [-0.2, -0.15) is 4.98 Å². The minimum Gasteiger partial charge on any atom is -0.497 e. The number of aliphatic hydroxyl groups is 1. The highest BCUT2D eigenvalue weighted by atomic mass is 79.9. The number of pyridine rings is 1. The number of aliphatic hydroxyl groups excluding tert-OH is 1. The zero-order chi connectivity index (χ0) is 19.6. The zero-order valence-electron chi connectivity index (χ0n) is 15.7. The average Bonchev–Trinajstić information content (AvgIpc) is 3.23. The minimum absolute atomic E-state index is 0.152. The summed E-state index contributed by atoms with van der Waals surface area (Å²) in [5.41, 5.74) is 2.12. The molecule has 0 bridgehead atoms. The lowest BCUT2D eigenvalue weighted by molar-refractivity contribution is -0.125. The molecule has 1 spiro atoms. The van der Waals surface area contributed by atoms with E-state index >= 15 is 0 Å². The van der Waals surface area contributed by atoms with Gasteiger partial charge in [0.2, 0.25) is 11.8 Å². The number of carbonyl (C=O) groups is 1. The van der Waals surface area contributed by atoms with Gasteiger partial charge < -0.3 is 14.6 Å². The molecular weight excluding hydrogens is 412 g/mol.